The Kier molecular flexibility index (Phi) is 3.45. The normalized spacial score (nSPS) is 18.8. The molecule has 1 N–H and O–H groups in total. The minimum absolute atomic E-state index is 0.151. The van der Waals surface area contributed by atoms with Crippen LogP contribution >= 0.6 is 11.6 Å². The third-order valence-electron chi connectivity index (χ3n) is 2.99. The van der Waals surface area contributed by atoms with Gasteiger partial charge in [-0.15, -0.1) is 0 Å². The lowest BCUT2D eigenvalue weighted by Crippen LogP contribution is -2.57. The maximum absolute atomic E-state index is 9.20. The number of nitrogens with one attached hydrogen (secondary N) is 1. The maximum atomic E-state index is 9.20. The topological polar surface area (TPSA) is 39.1 Å². The fourth-order valence-electron chi connectivity index (χ4n) is 1.92. The van der Waals surface area contributed by atoms with E-state index in [2.05, 4.69) is 16.3 Å². The summed E-state index contributed by atoms with van der Waals surface area (Å²) in [6.07, 6.45) is 0. The molecule has 4 heteroatoms. The first-order chi connectivity index (χ1) is 7.74. The van der Waals surface area contributed by atoms with Gasteiger partial charge in [-0.3, -0.25) is 4.90 Å². The molecule has 1 heterocycles. The monoisotopic (exact) mass is 235 g/mol. The lowest BCUT2D eigenvalue weighted by molar-refractivity contribution is 0.104. The summed E-state index contributed by atoms with van der Waals surface area (Å²) in [6.45, 7) is 1.86. The number of likely N-dealkylation sites (tertiary alicyclic amines) is 1. The molecule has 1 atom stereocenters. The second kappa shape index (κ2) is 4.84. The van der Waals surface area contributed by atoms with Gasteiger partial charge in [-0.25, -0.2) is 0 Å². The number of hydrogen-bond donors (Lipinski definition) is 1. The Morgan fingerprint density at radius 2 is 2.06 bits per heavy atom. The van der Waals surface area contributed by atoms with Gasteiger partial charge >= 0.3 is 0 Å². The van der Waals surface area contributed by atoms with Crippen LogP contribution in [0.1, 0.15) is 11.6 Å². The van der Waals surface area contributed by atoms with Gasteiger partial charge in [0.2, 0.25) is 0 Å². The van der Waals surface area contributed by atoms with E-state index in [9.17, 15) is 5.26 Å². The fraction of sp³-hybridized carbons (Fsp3) is 0.417. The van der Waals surface area contributed by atoms with Crippen LogP contribution < -0.4 is 5.32 Å². The average molecular weight is 236 g/mol. The van der Waals surface area contributed by atoms with Crippen molar-refractivity contribution in [3.63, 3.8) is 0 Å². The second-order valence-corrected chi connectivity index (χ2v) is 4.46. The van der Waals surface area contributed by atoms with Gasteiger partial charge in [-0.1, -0.05) is 23.7 Å². The molecule has 0 radical (unpaired) electrons. The predicted molar refractivity (Wildman–Crippen MR) is 64.2 cm³/mol. The van der Waals surface area contributed by atoms with E-state index in [1.807, 2.05) is 31.3 Å². The first-order valence-corrected chi connectivity index (χ1v) is 5.69. The summed E-state index contributed by atoms with van der Waals surface area (Å²) in [4.78, 5) is 2.16. The molecule has 0 spiro atoms. The van der Waals surface area contributed by atoms with Crippen molar-refractivity contribution in [2.75, 3.05) is 20.1 Å². The zero-order valence-electron chi connectivity index (χ0n) is 9.15. The number of nitriles is 1. The zero-order chi connectivity index (χ0) is 11.5. The third kappa shape index (κ3) is 2.19. The smallest absolute Gasteiger partial charge is 0.123 e. The van der Waals surface area contributed by atoms with E-state index in [1.165, 1.54) is 0 Å². The molecule has 1 saturated heterocycles. The van der Waals surface area contributed by atoms with Gasteiger partial charge in [0.1, 0.15) is 6.04 Å². The van der Waals surface area contributed by atoms with Crippen LogP contribution in [0.5, 0.6) is 0 Å². The van der Waals surface area contributed by atoms with Crippen molar-refractivity contribution in [2.45, 2.75) is 12.1 Å². The van der Waals surface area contributed by atoms with Gasteiger partial charge < -0.3 is 5.32 Å². The van der Waals surface area contributed by atoms with Crippen LogP contribution in [-0.2, 0) is 0 Å². The third-order valence-corrected chi connectivity index (χ3v) is 3.24. The standard InChI is InChI=1S/C12H14ClN3/c1-15-11-7-16(8-11)12(6-14)9-2-4-10(13)5-3-9/h2-5,11-12,15H,7-8H2,1H3/t12-/m1/s1. The number of benzene rings is 1. The van der Waals surface area contributed by atoms with Crippen LogP contribution in [0.2, 0.25) is 5.02 Å². The van der Waals surface area contributed by atoms with E-state index in [0.29, 0.717) is 11.1 Å². The Hall–Kier alpha value is -1.08. The van der Waals surface area contributed by atoms with Gasteiger partial charge in [0, 0.05) is 24.2 Å². The Labute approximate surface area is 101 Å². The number of halogens is 1. The van der Waals surface area contributed by atoms with Crippen LogP contribution in [0.25, 0.3) is 0 Å². The maximum Gasteiger partial charge on any atom is 0.123 e. The van der Waals surface area contributed by atoms with Crippen LogP contribution in [0.15, 0.2) is 24.3 Å². The van der Waals surface area contributed by atoms with E-state index in [0.717, 1.165) is 18.7 Å². The van der Waals surface area contributed by atoms with Crippen molar-refractivity contribution in [3.8, 4) is 6.07 Å². The van der Waals surface area contributed by atoms with Crippen LogP contribution in [0.4, 0.5) is 0 Å². The molecule has 0 bridgehead atoms. The molecule has 0 aliphatic carbocycles. The zero-order valence-corrected chi connectivity index (χ0v) is 9.91. The number of hydrogen-bond acceptors (Lipinski definition) is 3. The summed E-state index contributed by atoms with van der Waals surface area (Å²) in [7, 11) is 1.95. The molecule has 16 heavy (non-hydrogen) atoms. The molecule has 1 aliphatic rings. The highest BCUT2D eigenvalue weighted by Crippen LogP contribution is 2.26. The minimum Gasteiger partial charge on any atom is -0.315 e. The Morgan fingerprint density at radius 3 is 2.56 bits per heavy atom. The highest BCUT2D eigenvalue weighted by Gasteiger charge is 2.31. The highest BCUT2D eigenvalue weighted by atomic mass is 35.5. The van der Waals surface area contributed by atoms with Crippen LogP contribution in [-0.4, -0.2) is 31.1 Å². The Morgan fingerprint density at radius 1 is 1.44 bits per heavy atom. The molecule has 1 aromatic rings. The Bertz CT molecular complexity index is 390. The van der Waals surface area contributed by atoms with Gasteiger partial charge in [0.05, 0.1) is 6.07 Å². The molecule has 3 nitrogen and oxygen atoms in total. The largest absolute Gasteiger partial charge is 0.315 e. The van der Waals surface area contributed by atoms with Gasteiger partial charge in [-0.05, 0) is 24.7 Å². The molecule has 0 unspecified atom stereocenters. The van der Waals surface area contributed by atoms with E-state index >= 15 is 0 Å². The summed E-state index contributed by atoms with van der Waals surface area (Å²) in [5, 5.41) is 13.1. The van der Waals surface area contributed by atoms with Crippen molar-refractivity contribution < 1.29 is 0 Å². The molecule has 1 aromatic carbocycles. The summed E-state index contributed by atoms with van der Waals surface area (Å²) >= 11 is 5.83. The molecule has 0 saturated carbocycles. The molecule has 1 aliphatic heterocycles. The van der Waals surface area contributed by atoms with Crippen molar-refractivity contribution >= 4 is 11.6 Å². The number of likely N-dealkylation sites (N-methyl/N-ethyl adjacent to an activating group) is 1. The van der Waals surface area contributed by atoms with Crippen molar-refractivity contribution in [3.05, 3.63) is 34.9 Å². The van der Waals surface area contributed by atoms with E-state index in [-0.39, 0.29) is 6.04 Å². The predicted octanol–water partition coefficient (Wildman–Crippen LogP) is 1.81. The van der Waals surface area contributed by atoms with E-state index in [4.69, 9.17) is 11.6 Å². The number of rotatable bonds is 3. The molecule has 84 valence electrons. The van der Waals surface area contributed by atoms with Gasteiger partial charge in [0.15, 0.2) is 0 Å². The summed E-state index contributed by atoms with van der Waals surface area (Å²) < 4.78 is 0. The molecule has 1 fully saturated rings. The second-order valence-electron chi connectivity index (χ2n) is 4.02. The first-order valence-electron chi connectivity index (χ1n) is 5.31. The summed E-state index contributed by atoms with van der Waals surface area (Å²) in [6, 6.07) is 10.2. The quantitative estimate of drug-likeness (QED) is 0.869. The Balaban J connectivity index is 2.07. The minimum atomic E-state index is -0.151. The first kappa shape index (κ1) is 11.4. The molecule has 2 rings (SSSR count). The van der Waals surface area contributed by atoms with Crippen LogP contribution in [0.3, 0.4) is 0 Å². The summed E-state index contributed by atoms with van der Waals surface area (Å²) in [5.41, 5.74) is 1.02. The van der Waals surface area contributed by atoms with E-state index < -0.39 is 0 Å². The lowest BCUT2D eigenvalue weighted by Gasteiger charge is -2.41. The fourth-order valence-corrected chi connectivity index (χ4v) is 2.04. The molecule has 0 aromatic heterocycles. The van der Waals surface area contributed by atoms with Crippen molar-refractivity contribution in [1.29, 1.82) is 5.26 Å². The van der Waals surface area contributed by atoms with Gasteiger partial charge in [-0.2, -0.15) is 5.26 Å². The van der Waals surface area contributed by atoms with Crippen molar-refractivity contribution in [2.24, 2.45) is 0 Å². The molecule has 0 amide bonds. The van der Waals surface area contributed by atoms with Crippen molar-refractivity contribution in [1.82, 2.24) is 10.2 Å². The highest BCUT2D eigenvalue weighted by molar-refractivity contribution is 6.30. The lowest BCUT2D eigenvalue weighted by atomic mass is 10.0. The number of nitrogens with zero attached hydrogens (tertiary/aromatic N) is 2. The van der Waals surface area contributed by atoms with Crippen LogP contribution in [0, 0.1) is 11.3 Å². The SMILES string of the molecule is CNC1CN([C@H](C#N)c2ccc(Cl)cc2)C1. The van der Waals surface area contributed by atoms with Gasteiger partial charge in [0.25, 0.3) is 0 Å². The molecular formula is C12H14ClN3. The molecular weight excluding hydrogens is 222 g/mol. The van der Waals surface area contributed by atoms with E-state index in [1.54, 1.807) is 0 Å². The average Bonchev–Trinajstić information content (AvgIpc) is 2.24. The summed E-state index contributed by atoms with van der Waals surface area (Å²) in [5.74, 6) is 0.